The fourth-order valence-electron chi connectivity index (χ4n) is 2.80. The summed E-state index contributed by atoms with van der Waals surface area (Å²) in [5.41, 5.74) is 3.28. The van der Waals surface area contributed by atoms with Crippen molar-refractivity contribution in [3.8, 4) is 5.75 Å². The van der Waals surface area contributed by atoms with Crippen molar-refractivity contribution in [3.05, 3.63) is 46.4 Å². The van der Waals surface area contributed by atoms with Crippen LogP contribution in [0.2, 0.25) is 0 Å². The summed E-state index contributed by atoms with van der Waals surface area (Å²) >= 11 is 1.54. The second-order valence-corrected chi connectivity index (χ2v) is 6.36. The number of aromatic nitrogens is 1. The number of para-hydroxylation sites is 1. The van der Waals surface area contributed by atoms with E-state index in [1.54, 1.807) is 5.51 Å². The highest BCUT2D eigenvalue weighted by Crippen LogP contribution is 2.23. The van der Waals surface area contributed by atoms with Crippen molar-refractivity contribution >= 4 is 42.1 Å². The topological polar surface area (TPSA) is 54.5 Å². The first kappa shape index (κ1) is 21.7. The van der Waals surface area contributed by atoms with Crippen molar-refractivity contribution < 1.29 is 9.53 Å². The summed E-state index contributed by atoms with van der Waals surface area (Å²) in [6.45, 7) is 1.93. The second kappa shape index (κ2) is 10.6. The summed E-state index contributed by atoms with van der Waals surface area (Å²) in [6, 6.07) is 7.82. The molecule has 3 rings (SSSR count). The van der Waals surface area contributed by atoms with E-state index in [1.165, 1.54) is 11.3 Å². The number of halogens is 2. The lowest BCUT2D eigenvalue weighted by Crippen LogP contribution is -2.47. The molecule has 1 fully saturated rings. The Hall–Kier alpha value is -1.34. The highest BCUT2D eigenvalue weighted by Gasteiger charge is 2.25. The predicted octanol–water partition coefficient (Wildman–Crippen LogP) is 3.39. The maximum absolute atomic E-state index is 12.8. The number of ether oxygens (including phenoxy) is 1. The largest absolute Gasteiger partial charge is 0.486 e. The average molecular weight is 404 g/mol. The van der Waals surface area contributed by atoms with E-state index in [2.05, 4.69) is 10.3 Å². The van der Waals surface area contributed by atoms with Crippen LogP contribution in [0.1, 0.15) is 28.9 Å². The fourth-order valence-corrected chi connectivity index (χ4v) is 3.34. The molecule has 1 aromatic heterocycles. The van der Waals surface area contributed by atoms with Crippen molar-refractivity contribution in [2.45, 2.75) is 25.5 Å². The van der Waals surface area contributed by atoms with Gasteiger partial charge in [0.15, 0.2) is 0 Å². The number of piperidine rings is 1. The molecular weight excluding hydrogens is 381 g/mol. The second-order valence-electron chi connectivity index (χ2n) is 5.64. The van der Waals surface area contributed by atoms with Crippen LogP contribution in [-0.4, -0.2) is 42.0 Å². The third kappa shape index (κ3) is 5.57. The zero-order valence-corrected chi connectivity index (χ0v) is 16.5. The number of nitrogens with one attached hydrogen (secondary N) is 1. The summed E-state index contributed by atoms with van der Waals surface area (Å²) in [6.07, 6.45) is 2.14. The third-order valence-corrected chi connectivity index (χ3v) is 4.73. The smallest absolute Gasteiger partial charge is 0.257 e. The Morgan fingerprint density at radius 2 is 2.20 bits per heavy atom. The normalized spacial score (nSPS) is 16.5. The molecule has 0 aliphatic carbocycles. The molecule has 0 saturated carbocycles. The van der Waals surface area contributed by atoms with Crippen LogP contribution in [0.15, 0.2) is 35.2 Å². The molecule has 1 amide bonds. The van der Waals surface area contributed by atoms with Crippen LogP contribution < -0.4 is 10.1 Å². The van der Waals surface area contributed by atoms with Gasteiger partial charge in [0.05, 0.1) is 16.8 Å². The molecule has 1 atom stereocenters. The molecule has 1 aliphatic heterocycles. The Labute approximate surface area is 164 Å². The van der Waals surface area contributed by atoms with E-state index >= 15 is 0 Å². The van der Waals surface area contributed by atoms with E-state index in [9.17, 15) is 4.79 Å². The quantitative estimate of drug-likeness (QED) is 0.830. The molecule has 138 valence electrons. The van der Waals surface area contributed by atoms with Gasteiger partial charge >= 0.3 is 0 Å². The number of thiazole rings is 1. The molecule has 1 aliphatic rings. The van der Waals surface area contributed by atoms with Gasteiger partial charge in [0.1, 0.15) is 12.4 Å². The Bertz CT molecular complexity index is 655. The van der Waals surface area contributed by atoms with E-state index in [-0.39, 0.29) is 30.7 Å². The number of hydrogen-bond donors (Lipinski definition) is 1. The summed E-state index contributed by atoms with van der Waals surface area (Å²) in [5, 5.41) is 5.22. The molecule has 0 bridgehead atoms. The van der Waals surface area contributed by atoms with Crippen LogP contribution in [0.5, 0.6) is 5.75 Å². The standard InChI is InChI=1S/C17H21N3O2S.2ClH/c1-18-13-5-4-8-20(9-13)17(21)15-6-2-3-7-16(15)22-10-14-11-23-12-19-14;;/h2-3,6-7,11-13,18H,4-5,8-10H2,1H3;2*1H. The molecule has 5 nitrogen and oxygen atoms in total. The molecule has 1 saturated heterocycles. The molecule has 2 aromatic rings. The summed E-state index contributed by atoms with van der Waals surface area (Å²) < 4.78 is 5.83. The van der Waals surface area contributed by atoms with Crippen LogP contribution in [0.25, 0.3) is 0 Å². The highest BCUT2D eigenvalue weighted by molar-refractivity contribution is 7.07. The van der Waals surface area contributed by atoms with Gasteiger partial charge in [-0.25, -0.2) is 4.98 Å². The zero-order chi connectivity index (χ0) is 16.1. The number of nitrogens with zero attached hydrogens (tertiary/aromatic N) is 2. The van der Waals surface area contributed by atoms with Gasteiger partial charge in [-0.2, -0.15) is 0 Å². The van der Waals surface area contributed by atoms with E-state index in [4.69, 9.17) is 4.74 Å². The highest BCUT2D eigenvalue weighted by atomic mass is 35.5. The Morgan fingerprint density at radius 3 is 2.92 bits per heavy atom. The molecule has 2 heterocycles. The molecule has 1 aromatic carbocycles. The van der Waals surface area contributed by atoms with Gasteiger partial charge in [-0.1, -0.05) is 12.1 Å². The molecule has 0 spiro atoms. The number of benzene rings is 1. The van der Waals surface area contributed by atoms with Crippen LogP contribution in [-0.2, 0) is 6.61 Å². The average Bonchev–Trinajstić information content (AvgIpc) is 3.13. The number of rotatable bonds is 5. The van der Waals surface area contributed by atoms with Gasteiger partial charge in [-0.15, -0.1) is 36.2 Å². The molecule has 25 heavy (non-hydrogen) atoms. The Kier molecular flexibility index (Phi) is 9.21. The van der Waals surface area contributed by atoms with Crippen LogP contribution in [0.3, 0.4) is 0 Å². The fraction of sp³-hybridized carbons (Fsp3) is 0.412. The first-order valence-corrected chi connectivity index (χ1v) is 8.77. The lowest BCUT2D eigenvalue weighted by molar-refractivity contribution is 0.0693. The number of amides is 1. The first-order chi connectivity index (χ1) is 11.3. The van der Waals surface area contributed by atoms with Gasteiger partial charge in [-0.3, -0.25) is 4.79 Å². The van der Waals surface area contributed by atoms with Gasteiger partial charge < -0.3 is 15.0 Å². The SMILES string of the molecule is CNC1CCCN(C(=O)c2ccccc2OCc2cscn2)C1.Cl.Cl. The van der Waals surface area contributed by atoms with Crippen molar-refractivity contribution in [2.75, 3.05) is 20.1 Å². The Morgan fingerprint density at radius 1 is 1.40 bits per heavy atom. The molecule has 0 radical (unpaired) electrons. The molecular formula is C17H23Cl2N3O2S. The molecule has 8 heteroatoms. The van der Waals surface area contributed by atoms with E-state index in [1.807, 2.05) is 41.6 Å². The predicted molar refractivity (Wildman–Crippen MR) is 105 cm³/mol. The Balaban J connectivity index is 0.00000156. The van der Waals surface area contributed by atoms with Gasteiger partial charge in [0, 0.05) is 24.5 Å². The van der Waals surface area contributed by atoms with Gasteiger partial charge in [0.2, 0.25) is 0 Å². The summed E-state index contributed by atoms with van der Waals surface area (Å²) in [5.74, 6) is 0.663. The number of hydrogen-bond acceptors (Lipinski definition) is 5. The third-order valence-electron chi connectivity index (χ3n) is 4.09. The maximum atomic E-state index is 12.8. The first-order valence-electron chi connectivity index (χ1n) is 7.83. The lowest BCUT2D eigenvalue weighted by atomic mass is 10.0. The minimum absolute atomic E-state index is 0. The van der Waals surface area contributed by atoms with Crippen LogP contribution in [0.4, 0.5) is 0 Å². The number of likely N-dealkylation sites (tertiary alicyclic amines) is 1. The van der Waals surface area contributed by atoms with Crippen LogP contribution >= 0.6 is 36.2 Å². The molecule has 1 unspecified atom stereocenters. The summed E-state index contributed by atoms with van der Waals surface area (Å²) in [7, 11) is 1.95. The van der Waals surface area contributed by atoms with E-state index in [0.717, 1.165) is 31.6 Å². The van der Waals surface area contributed by atoms with Crippen molar-refractivity contribution in [2.24, 2.45) is 0 Å². The monoisotopic (exact) mass is 403 g/mol. The lowest BCUT2D eigenvalue weighted by Gasteiger charge is -2.33. The van der Waals surface area contributed by atoms with Crippen molar-refractivity contribution in [3.63, 3.8) is 0 Å². The number of carbonyl (C=O) groups is 1. The zero-order valence-electron chi connectivity index (χ0n) is 14.0. The van der Waals surface area contributed by atoms with E-state index in [0.29, 0.717) is 24.0 Å². The van der Waals surface area contributed by atoms with Gasteiger partial charge in [0.25, 0.3) is 5.91 Å². The number of carbonyl (C=O) groups excluding carboxylic acids is 1. The van der Waals surface area contributed by atoms with Crippen LogP contribution in [0, 0.1) is 0 Å². The summed E-state index contributed by atoms with van der Waals surface area (Å²) in [4.78, 5) is 19.0. The molecule has 1 N–H and O–H groups in total. The maximum Gasteiger partial charge on any atom is 0.257 e. The number of likely N-dealkylation sites (N-methyl/N-ethyl adjacent to an activating group) is 1. The van der Waals surface area contributed by atoms with Crippen molar-refractivity contribution in [1.29, 1.82) is 0 Å². The minimum atomic E-state index is 0. The van der Waals surface area contributed by atoms with E-state index < -0.39 is 0 Å². The van der Waals surface area contributed by atoms with Gasteiger partial charge in [-0.05, 0) is 32.0 Å². The van der Waals surface area contributed by atoms with Crippen molar-refractivity contribution in [1.82, 2.24) is 15.2 Å². The minimum Gasteiger partial charge on any atom is -0.486 e.